The molecule has 0 amide bonds. The summed E-state index contributed by atoms with van der Waals surface area (Å²) >= 11 is 0. The zero-order valence-corrected chi connectivity index (χ0v) is 23.7. The molecule has 0 heterocycles. The Morgan fingerprint density at radius 3 is 2.25 bits per heavy atom. The van der Waals surface area contributed by atoms with Gasteiger partial charge in [0.15, 0.2) is 0 Å². The van der Waals surface area contributed by atoms with Gasteiger partial charge in [-0.15, -0.1) is 0 Å². The van der Waals surface area contributed by atoms with Crippen molar-refractivity contribution < 1.29 is 23.4 Å². The van der Waals surface area contributed by atoms with Crippen molar-refractivity contribution in [1.82, 2.24) is 9.62 Å². The lowest BCUT2D eigenvalue weighted by Crippen LogP contribution is -2.47. The molecule has 0 saturated carbocycles. The smallest absolute Gasteiger partial charge is 0.337 e. The summed E-state index contributed by atoms with van der Waals surface area (Å²) in [6.07, 6.45) is -0.166. The minimum atomic E-state index is -3.84. The van der Waals surface area contributed by atoms with Gasteiger partial charge in [-0.3, -0.25) is 0 Å². The molecule has 40 heavy (non-hydrogen) atoms. The monoisotopic (exact) mass is 561 g/mol. The van der Waals surface area contributed by atoms with Crippen LogP contribution in [0.1, 0.15) is 29.8 Å². The summed E-state index contributed by atoms with van der Waals surface area (Å²) in [5, 5.41) is 25.6. The quantitative estimate of drug-likeness (QED) is 0.200. The standard InChI is InChI=1S/C31H35N3O5S/c1-31(2,18-21-8-9-22-6-4-5-7-24(22)16-21)33-19-26(35)20-34(3)40(38,39)27-13-10-23(11-14-27)25-12-15-28(30(36)37)29(32)17-25/h4-17,26,33,35H,18-20,32H2,1-3H3,(H,36,37)/t26-/m0/s1. The molecular weight excluding hydrogens is 526 g/mol. The second kappa shape index (κ2) is 11.8. The normalized spacial score (nSPS) is 13.0. The molecule has 0 spiro atoms. The van der Waals surface area contributed by atoms with Crippen LogP contribution in [0.2, 0.25) is 0 Å². The number of nitrogen functional groups attached to an aromatic ring is 1. The van der Waals surface area contributed by atoms with Gasteiger partial charge in [-0.2, -0.15) is 4.31 Å². The van der Waals surface area contributed by atoms with E-state index in [4.69, 9.17) is 10.8 Å². The highest BCUT2D eigenvalue weighted by Crippen LogP contribution is 2.26. The fraction of sp³-hybridized carbons (Fsp3) is 0.258. The van der Waals surface area contributed by atoms with Crippen molar-refractivity contribution >= 4 is 32.5 Å². The number of nitrogens with two attached hydrogens (primary N) is 1. The Morgan fingerprint density at radius 1 is 0.950 bits per heavy atom. The van der Waals surface area contributed by atoms with Crippen molar-refractivity contribution in [3.63, 3.8) is 0 Å². The molecule has 4 aromatic carbocycles. The molecule has 0 aliphatic carbocycles. The number of hydrogen-bond donors (Lipinski definition) is 4. The molecule has 5 N–H and O–H groups in total. The molecule has 0 bridgehead atoms. The minimum Gasteiger partial charge on any atom is -0.478 e. The first-order chi connectivity index (χ1) is 18.9. The molecule has 1 atom stereocenters. The lowest BCUT2D eigenvalue weighted by Gasteiger charge is -2.29. The summed E-state index contributed by atoms with van der Waals surface area (Å²) in [4.78, 5) is 11.3. The van der Waals surface area contributed by atoms with Crippen LogP contribution in [-0.4, -0.2) is 60.7 Å². The maximum Gasteiger partial charge on any atom is 0.337 e. The number of fused-ring (bicyclic) bond motifs is 1. The molecule has 8 nitrogen and oxygen atoms in total. The topological polar surface area (TPSA) is 133 Å². The number of benzene rings is 4. The first-order valence-electron chi connectivity index (χ1n) is 13.0. The summed E-state index contributed by atoms with van der Waals surface area (Å²) in [6, 6.07) is 25.4. The van der Waals surface area contributed by atoms with Gasteiger partial charge >= 0.3 is 5.97 Å². The number of aromatic carboxylic acids is 1. The van der Waals surface area contributed by atoms with E-state index in [0.717, 1.165) is 10.7 Å². The van der Waals surface area contributed by atoms with E-state index in [1.807, 2.05) is 12.1 Å². The van der Waals surface area contributed by atoms with Crippen LogP contribution in [0.3, 0.4) is 0 Å². The molecule has 210 valence electrons. The van der Waals surface area contributed by atoms with E-state index in [9.17, 15) is 18.3 Å². The summed E-state index contributed by atoms with van der Waals surface area (Å²) < 4.78 is 27.4. The minimum absolute atomic E-state index is 0.00898. The molecule has 0 radical (unpaired) electrons. The summed E-state index contributed by atoms with van der Waals surface area (Å²) in [5.41, 5.74) is 8.21. The van der Waals surface area contributed by atoms with Crippen molar-refractivity contribution in [2.24, 2.45) is 0 Å². The van der Waals surface area contributed by atoms with Gasteiger partial charge < -0.3 is 21.3 Å². The van der Waals surface area contributed by atoms with Crippen LogP contribution in [0.5, 0.6) is 0 Å². The number of carboxylic acid groups (broad SMARTS) is 1. The fourth-order valence-electron chi connectivity index (χ4n) is 4.71. The highest BCUT2D eigenvalue weighted by atomic mass is 32.2. The van der Waals surface area contributed by atoms with Crippen molar-refractivity contribution in [1.29, 1.82) is 0 Å². The highest BCUT2D eigenvalue weighted by Gasteiger charge is 2.25. The van der Waals surface area contributed by atoms with Gasteiger partial charge in [0.1, 0.15) is 0 Å². The second-order valence-corrected chi connectivity index (χ2v) is 12.7. The Kier molecular flexibility index (Phi) is 8.60. The van der Waals surface area contributed by atoms with Crippen LogP contribution in [0.15, 0.2) is 89.8 Å². The predicted octanol–water partition coefficient (Wildman–Crippen LogP) is 4.38. The number of likely N-dealkylation sites (N-methyl/N-ethyl adjacent to an activating group) is 1. The third-order valence-electron chi connectivity index (χ3n) is 6.92. The Balaban J connectivity index is 1.35. The average molecular weight is 562 g/mol. The number of nitrogens with one attached hydrogen (secondary N) is 1. The van der Waals surface area contributed by atoms with Gasteiger partial charge in [-0.25, -0.2) is 13.2 Å². The van der Waals surface area contributed by atoms with E-state index in [2.05, 4.69) is 49.5 Å². The number of anilines is 1. The van der Waals surface area contributed by atoms with Crippen LogP contribution >= 0.6 is 0 Å². The number of hydrogen-bond acceptors (Lipinski definition) is 6. The summed E-state index contributed by atoms with van der Waals surface area (Å²) in [7, 11) is -2.40. The lowest BCUT2D eigenvalue weighted by atomic mass is 9.93. The van der Waals surface area contributed by atoms with E-state index >= 15 is 0 Å². The van der Waals surface area contributed by atoms with Crippen LogP contribution < -0.4 is 11.1 Å². The number of carbonyl (C=O) groups is 1. The molecule has 4 aromatic rings. The molecule has 0 aromatic heterocycles. The van der Waals surface area contributed by atoms with E-state index in [0.29, 0.717) is 11.1 Å². The second-order valence-electron chi connectivity index (χ2n) is 10.7. The van der Waals surface area contributed by atoms with Gasteiger partial charge in [0.2, 0.25) is 10.0 Å². The predicted molar refractivity (Wildman–Crippen MR) is 159 cm³/mol. The Morgan fingerprint density at radius 2 is 1.60 bits per heavy atom. The fourth-order valence-corrected chi connectivity index (χ4v) is 5.92. The van der Waals surface area contributed by atoms with Crippen LogP contribution in [0.25, 0.3) is 21.9 Å². The average Bonchev–Trinajstić information content (AvgIpc) is 2.91. The van der Waals surface area contributed by atoms with E-state index in [-0.39, 0.29) is 34.8 Å². The third kappa shape index (κ3) is 6.86. The maximum absolute atomic E-state index is 13.1. The number of carboxylic acids is 1. The van der Waals surface area contributed by atoms with Gasteiger partial charge in [-0.05, 0) is 72.0 Å². The molecule has 0 fully saturated rings. The molecule has 0 aliphatic rings. The molecule has 9 heteroatoms. The zero-order valence-electron chi connectivity index (χ0n) is 22.8. The van der Waals surface area contributed by atoms with Crippen LogP contribution in [-0.2, 0) is 16.4 Å². The van der Waals surface area contributed by atoms with Crippen molar-refractivity contribution in [3.8, 4) is 11.1 Å². The van der Waals surface area contributed by atoms with E-state index in [1.54, 1.807) is 24.3 Å². The van der Waals surface area contributed by atoms with Crippen molar-refractivity contribution in [3.05, 3.63) is 96.1 Å². The third-order valence-corrected chi connectivity index (χ3v) is 8.76. The number of β-amino-alcohol motifs (C(OH)–C–C–N with tert-alkyl or cyclic N) is 1. The Hall–Kier alpha value is -3.76. The number of rotatable bonds is 11. The van der Waals surface area contributed by atoms with Gasteiger partial charge in [-0.1, -0.05) is 60.7 Å². The van der Waals surface area contributed by atoms with Gasteiger partial charge in [0, 0.05) is 31.4 Å². The maximum atomic E-state index is 13.1. The molecule has 0 unspecified atom stereocenters. The molecular formula is C31H35N3O5S. The Labute approximate surface area is 235 Å². The van der Waals surface area contributed by atoms with Gasteiger partial charge in [0.05, 0.1) is 16.6 Å². The SMILES string of the molecule is CN(C[C@@H](O)CNC(C)(C)Cc1ccc2ccccc2c1)S(=O)(=O)c1ccc(-c2ccc(C(=O)O)c(N)c2)cc1. The number of aliphatic hydroxyl groups is 1. The first kappa shape index (κ1) is 29.2. The molecule has 0 saturated heterocycles. The van der Waals surface area contributed by atoms with Crippen molar-refractivity contribution in [2.75, 3.05) is 25.9 Å². The zero-order chi connectivity index (χ0) is 29.1. The van der Waals surface area contributed by atoms with Crippen LogP contribution in [0, 0.1) is 0 Å². The van der Waals surface area contributed by atoms with E-state index in [1.165, 1.54) is 41.6 Å². The number of aliphatic hydroxyl groups excluding tert-OH is 1. The van der Waals surface area contributed by atoms with Crippen molar-refractivity contribution in [2.45, 2.75) is 36.8 Å². The lowest BCUT2D eigenvalue weighted by molar-refractivity contribution is 0.0698. The molecule has 0 aliphatic heterocycles. The summed E-state index contributed by atoms with van der Waals surface area (Å²) in [5.74, 6) is -1.11. The number of nitrogens with zero attached hydrogens (tertiary/aromatic N) is 1. The first-order valence-corrected chi connectivity index (χ1v) is 14.4. The highest BCUT2D eigenvalue weighted by molar-refractivity contribution is 7.89. The molecule has 4 rings (SSSR count). The van der Waals surface area contributed by atoms with Gasteiger partial charge in [0.25, 0.3) is 0 Å². The number of sulfonamides is 1. The summed E-state index contributed by atoms with van der Waals surface area (Å²) in [6.45, 7) is 4.27. The Bertz CT molecular complexity index is 1620. The van der Waals surface area contributed by atoms with E-state index < -0.39 is 22.1 Å². The van der Waals surface area contributed by atoms with Crippen LogP contribution in [0.4, 0.5) is 5.69 Å². The largest absolute Gasteiger partial charge is 0.478 e.